The van der Waals surface area contributed by atoms with E-state index >= 15 is 0 Å². The highest BCUT2D eigenvalue weighted by Crippen LogP contribution is 2.12. The van der Waals surface area contributed by atoms with E-state index in [1.54, 1.807) is 25.5 Å². The Morgan fingerprint density at radius 1 is 1.22 bits per heavy atom. The first kappa shape index (κ1) is 26.5. The van der Waals surface area contributed by atoms with E-state index < -0.39 is 0 Å². The third-order valence-electron chi connectivity index (χ3n) is 5.46. The molecule has 11 heteroatoms. The van der Waals surface area contributed by atoms with Crippen LogP contribution in [0.2, 0.25) is 0 Å². The second kappa shape index (κ2) is 15.2. The van der Waals surface area contributed by atoms with Crippen LogP contribution in [0, 0.1) is 5.92 Å². The maximum Gasteiger partial charge on any atom is 0.225 e. The number of aromatic nitrogens is 2. The van der Waals surface area contributed by atoms with Crippen molar-refractivity contribution in [1.82, 2.24) is 25.5 Å². The Balaban J connectivity index is 0.00000363. The number of piperazine rings is 1. The lowest BCUT2D eigenvalue weighted by Crippen LogP contribution is -2.50. The van der Waals surface area contributed by atoms with Gasteiger partial charge in [-0.05, 0) is 18.9 Å². The third-order valence-corrected chi connectivity index (χ3v) is 5.46. The summed E-state index contributed by atoms with van der Waals surface area (Å²) in [5.74, 6) is 2.14. The molecule has 2 aliphatic rings. The Labute approximate surface area is 207 Å². The second-order valence-electron chi connectivity index (χ2n) is 7.75. The number of nitrogens with one attached hydrogen (secondary N) is 2. The molecule has 1 aromatic heterocycles. The summed E-state index contributed by atoms with van der Waals surface area (Å²) in [4.78, 5) is 29.3. The summed E-state index contributed by atoms with van der Waals surface area (Å²) in [6.45, 7) is 7.40. The standard InChI is InChI=1S/C21H35N7O3.HI/c1-22-20(23-8-3-14-30-16-18-5-15-31-17-18)24-9-4-19(29)27-10-12-28(13-11-27)21-25-6-2-7-26-21;/h2,6-7,18H,3-5,8-17H2,1H3,(H2,22,23,24);1H. The summed E-state index contributed by atoms with van der Waals surface area (Å²) < 4.78 is 11.1. The Hall–Kier alpha value is -1.73. The number of ether oxygens (including phenoxy) is 2. The van der Waals surface area contributed by atoms with Gasteiger partial charge in [-0.2, -0.15) is 0 Å². The van der Waals surface area contributed by atoms with Crippen molar-refractivity contribution in [2.24, 2.45) is 10.9 Å². The molecule has 1 amide bonds. The summed E-state index contributed by atoms with van der Waals surface area (Å²) in [5, 5.41) is 6.48. The molecule has 2 fully saturated rings. The van der Waals surface area contributed by atoms with Crippen LogP contribution in [0.5, 0.6) is 0 Å². The lowest BCUT2D eigenvalue weighted by Gasteiger charge is -2.34. The maximum atomic E-state index is 12.5. The highest BCUT2D eigenvalue weighted by atomic mass is 127. The number of amides is 1. The third kappa shape index (κ3) is 9.02. The zero-order valence-electron chi connectivity index (χ0n) is 18.9. The van der Waals surface area contributed by atoms with Crippen LogP contribution in [0.3, 0.4) is 0 Å². The van der Waals surface area contributed by atoms with Crippen molar-refractivity contribution < 1.29 is 14.3 Å². The zero-order chi connectivity index (χ0) is 21.7. The molecule has 180 valence electrons. The molecule has 32 heavy (non-hydrogen) atoms. The fourth-order valence-electron chi connectivity index (χ4n) is 3.62. The van der Waals surface area contributed by atoms with Crippen LogP contribution in [0.4, 0.5) is 5.95 Å². The molecule has 2 aliphatic heterocycles. The molecule has 1 aromatic rings. The fourth-order valence-corrected chi connectivity index (χ4v) is 3.62. The Bertz CT molecular complexity index is 681. The predicted octanol–water partition coefficient (Wildman–Crippen LogP) is 0.742. The van der Waals surface area contributed by atoms with Gasteiger partial charge in [-0.25, -0.2) is 9.97 Å². The van der Waals surface area contributed by atoms with Gasteiger partial charge in [-0.3, -0.25) is 9.79 Å². The molecule has 0 radical (unpaired) electrons. The molecule has 10 nitrogen and oxygen atoms in total. The van der Waals surface area contributed by atoms with Crippen molar-refractivity contribution in [3.05, 3.63) is 18.5 Å². The van der Waals surface area contributed by atoms with Crippen molar-refractivity contribution in [2.75, 3.05) is 77.6 Å². The highest BCUT2D eigenvalue weighted by molar-refractivity contribution is 14.0. The first-order valence-electron chi connectivity index (χ1n) is 11.2. The number of hydrogen-bond acceptors (Lipinski definition) is 7. The summed E-state index contributed by atoms with van der Waals surface area (Å²) >= 11 is 0. The molecule has 3 rings (SSSR count). The van der Waals surface area contributed by atoms with Crippen LogP contribution in [-0.2, 0) is 14.3 Å². The first-order chi connectivity index (χ1) is 15.3. The van der Waals surface area contributed by atoms with Gasteiger partial charge in [0.15, 0.2) is 5.96 Å². The Morgan fingerprint density at radius 2 is 1.97 bits per heavy atom. The molecule has 2 saturated heterocycles. The van der Waals surface area contributed by atoms with Crippen LogP contribution < -0.4 is 15.5 Å². The van der Waals surface area contributed by atoms with E-state index in [0.717, 1.165) is 64.9 Å². The molecular formula is C21H36IN7O3. The molecule has 0 spiro atoms. The summed E-state index contributed by atoms with van der Waals surface area (Å²) in [7, 11) is 1.73. The lowest BCUT2D eigenvalue weighted by atomic mass is 10.1. The predicted molar refractivity (Wildman–Crippen MR) is 135 cm³/mol. The number of aliphatic imine (C=N–C) groups is 1. The van der Waals surface area contributed by atoms with Crippen LogP contribution in [-0.4, -0.2) is 99.5 Å². The molecule has 3 heterocycles. The van der Waals surface area contributed by atoms with Gasteiger partial charge in [0.2, 0.25) is 11.9 Å². The number of guanidine groups is 1. The minimum absolute atomic E-state index is 0. The molecule has 0 saturated carbocycles. The normalized spacial score (nSPS) is 18.9. The molecule has 0 aliphatic carbocycles. The van der Waals surface area contributed by atoms with E-state index in [4.69, 9.17) is 9.47 Å². The van der Waals surface area contributed by atoms with E-state index in [2.05, 4.69) is 30.5 Å². The minimum atomic E-state index is 0. The van der Waals surface area contributed by atoms with E-state index in [0.29, 0.717) is 37.9 Å². The van der Waals surface area contributed by atoms with Crippen molar-refractivity contribution in [3.63, 3.8) is 0 Å². The number of halogens is 1. The number of rotatable bonds is 10. The molecular weight excluding hydrogens is 525 g/mol. The van der Waals surface area contributed by atoms with E-state index in [9.17, 15) is 4.79 Å². The molecule has 1 atom stereocenters. The minimum Gasteiger partial charge on any atom is -0.381 e. The number of hydrogen-bond donors (Lipinski definition) is 2. The van der Waals surface area contributed by atoms with Gasteiger partial charge >= 0.3 is 0 Å². The van der Waals surface area contributed by atoms with Gasteiger partial charge in [0.05, 0.1) is 13.2 Å². The Morgan fingerprint density at radius 3 is 2.66 bits per heavy atom. The largest absolute Gasteiger partial charge is 0.381 e. The zero-order valence-corrected chi connectivity index (χ0v) is 21.2. The van der Waals surface area contributed by atoms with Crippen molar-refractivity contribution in [2.45, 2.75) is 19.3 Å². The van der Waals surface area contributed by atoms with Crippen LogP contribution >= 0.6 is 24.0 Å². The van der Waals surface area contributed by atoms with Crippen LogP contribution in [0.15, 0.2) is 23.5 Å². The Kier molecular flexibility index (Phi) is 12.6. The first-order valence-corrected chi connectivity index (χ1v) is 11.2. The quantitative estimate of drug-likeness (QED) is 0.187. The van der Waals surface area contributed by atoms with Gasteiger partial charge < -0.3 is 29.9 Å². The second-order valence-corrected chi connectivity index (χ2v) is 7.75. The number of anilines is 1. The highest BCUT2D eigenvalue weighted by Gasteiger charge is 2.22. The van der Waals surface area contributed by atoms with Crippen LogP contribution in [0.1, 0.15) is 19.3 Å². The average Bonchev–Trinajstić information content (AvgIpc) is 3.34. The summed E-state index contributed by atoms with van der Waals surface area (Å²) in [6.07, 6.45) is 5.93. The fraction of sp³-hybridized carbons (Fsp3) is 0.714. The number of carbonyl (C=O) groups is 1. The van der Waals surface area contributed by atoms with Gasteiger partial charge in [0.1, 0.15) is 0 Å². The van der Waals surface area contributed by atoms with Crippen molar-refractivity contribution >= 4 is 41.8 Å². The number of carbonyl (C=O) groups excluding carboxylic acids is 1. The van der Waals surface area contributed by atoms with Crippen molar-refractivity contribution in [3.8, 4) is 0 Å². The maximum absolute atomic E-state index is 12.5. The van der Waals surface area contributed by atoms with Crippen molar-refractivity contribution in [1.29, 1.82) is 0 Å². The van der Waals surface area contributed by atoms with Gasteiger partial charge in [0.25, 0.3) is 0 Å². The topological polar surface area (TPSA) is 104 Å². The summed E-state index contributed by atoms with van der Waals surface area (Å²) in [5.41, 5.74) is 0. The van der Waals surface area contributed by atoms with Gasteiger partial charge in [-0.15, -0.1) is 24.0 Å². The van der Waals surface area contributed by atoms with Gasteiger partial charge in [0, 0.05) is 84.3 Å². The summed E-state index contributed by atoms with van der Waals surface area (Å²) in [6, 6.07) is 1.81. The average molecular weight is 561 g/mol. The monoisotopic (exact) mass is 561 g/mol. The van der Waals surface area contributed by atoms with E-state index in [-0.39, 0.29) is 29.9 Å². The van der Waals surface area contributed by atoms with Crippen LogP contribution in [0.25, 0.3) is 0 Å². The molecule has 0 aromatic carbocycles. The van der Waals surface area contributed by atoms with E-state index in [1.165, 1.54) is 0 Å². The molecule has 1 unspecified atom stereocenters. The van der Waals surface area contributed by atoms with E-state index in [1.807, 2.05) is 4.90 Å². The molecule has 0 bridgehead atoms. The number of nitrogens with zero attached hydrogens (tertiary/aromatic N) is 5. The van der Waals surface area contributed by atoms with Gasteiger partial charge in [-0.1, -0.05) is 0 Å². The smallest absolute Gasteiger partial charge is 0.225 e. The molecule has 2 N–H and O–H groups in total. The lowest BCUT2D eigenvalue weighted by molar-refractivity contribution is -0.131. The SMILES string of the molecule is CN=C(NCCCOCC1CCOC1)NCCC(=O)N1CCN(c2ncccn2)CC1.I.